The van der Waals surface area contributed by atoms with Gasteiger partial charge < -0.3 is 9.47 Å². The smallest absolute Gasteiger partial charge is 0.154 e. The van der Waals surface area contributed by atoms with E-state index in [0.717, 1.165) is 24.6 Å². The van der Waals surface area contributed by atoms with Crippen molar-refractivity contribution in [3.8, 4) is 0 Å². The van der Waals surface area contributed by atoms with E-state index in [4.69, 9.17) is 9.47 Å². The van der Waals surface area contributed by atoms with E-state index in [0.29, 0.717) is 5.92 Å². The van der Waals surface area contributed by atoms with E-state index >= 15 is 0 Å². The van der Waals surface area contributed by atoms with Gasteiger partial charge in [-0.1, -0.05) is 13.0 Å². The van der Waals surface area contributed by atoms with Crippen molar-refractivity contribution in [2.45, 2.75) is 47.8 Å². The maximum absolute atomic E-state index is 5.17. The number of rotatable bonds is 0. The van der Waals surface area contributed by atoms with Crippen molar-refractivity contribution >= 4 is 0 Å². The third-order valence-corrected chi connectivity index (χ3v) is 3.55. The Balaban J connectivity index is 0.000000180. The summed E-state index contributed by atoms with van der Waals surface area (Å²) in [6.45, 7) is 13.9. The molecule has 0 aliphatic carbocycles. The number of hydrogen-bond acceptors (Lipinski definition) is 4. The van der Waals surface area contributed by atoms with E-state index < -0.39 is 0 Å². The first kappa shape index (κ1) is 20.3. The van der Waals surface area contributed by atoms with Gasteiger partial charge in [-0.05, 0) is 63.9 Å². The molecule has 0 atom stereocenters. The molecule has 2 aromatic rings. The summed E-state index contributed by atoms with van der Waals surface area (Å²) in [7, 11) is 0. The van der Waals surface area contributed by atoms with Gasteiger partial charge in [0.1, 0.15) is 0 Å². The predicted octanol–water partition coefficient (Wildman–Crippen LogP) is 4.41. The topological polar surface area (TPSA) is 44.2 Å². The van der Waals surface area contributed by atoms with E-state index in [-0.39, 0.29) is 6.29 Å². The number of aromatic nitrogens is 2. The molecule has 0 spiro atoms. The number of ether oxygens (including phenoxy) is 2. The van der Waals surface area contributed by atoms with Gasteiger partial charge >= 0.3 is 0 Å². The molecule has 0 unspecified atom stereocenters. The minimum absolute atomic E-state index is 0.0196. The van der Waals surface area contributed by atoms with Crippen LogP contribution in [0.1, 0.15) is 36.4 Å². The van der Waals surface area contributed by atoms with Gasteiger partial charge in [0, 0.05) is 29.7 Å². The van der Waals surface area contributed by atoms with Crippen LogP contribution in [0.3, 0.4) is 0 Å². The van der Waals surface area contributed by atoms with Crippen LogP contribution in [0.25, 0.3) is 0 Å². The molecule has 0 radical (unpaired) electrons. The van der Waals surface area contributed by atoms with Gasteiger partial charge in [-0.15, -0.1) is 0 Å². The second kappa shape index (κ2) is 10.9. The summed E-state index contributed by atoms with van der Waals surface area (Å²) in [6.07, 6.45) is 3.65. The summed E-state index contributed by atoms with van der Waals surface area (Å²) in [5.41, 5.74) is 4.74. The Morgan fingerprint density at radius 1 is 0.917 bits per heavy atom. The Labute approximate surface area is 146 Å². The van der Waals surface area contributed by atoms with Crippen molar-refractivity contribution in [2.24, 2.45) is 5.92 Å². The van der Waals surface area contributed by atoms with Crippen LogP contribution in [0, 0.1) is 33.6 Å². The van der Waals surface area contributed by atoms with Crippen molar-refractivity contribution in [1.82, 2.24) is 9.97 Å². The Hall–Kier alpha value is -1.78. The first-order valence-electron chi connectivity index (χ1n) is 8.39. The minimum atomic E-state index is 0.0196. The van der Waals surface area contributed by atoms with Crippen LogP contribution < -0.4 is 0 Å². The highest BCUT2D eigenvalue weighted by atomic mass is 16.7. The maximum atomic E-state index is 5.17. The summed E-state index contributed by atoms with van der Waals surface area (Å²) in [5.74, 6) is 0.575. The van der Waals surface area contributed by atoms with E-state index in [1.54, 1.807) is 0 Å². The lowest BCUT2D eigenvalue weighted by Gasteiger charge is -2.24. The van der Waals surface area contributed by atoms with Crippen LogP contribution in [0.4, 0.5) is 0 Å². The molecule has 3 rings (SSSR count). The fourth-order valence-corrected chi connectivity index (χ4v) is 1.95. The van der Waals surface area contributed by atoms with Crippen molar-refractivity contribution in [3.63, 3.8) is 0 Å². The van der Waals surface area contributed by atoms with E-state index in [1.807, 2.05) is 45.3 Å². The maximum Gasteiger partial charge on any atom is 0.154 e. The average molecular weight is 330 g/mol. The van der Waals surface area contributed by atoms with Crippen LogP contribution in [-0.2, 0) is 9.47 Å². The van der Waals surface area contributed by atoms with Crippen LogP contribution >= 0.6 is 0 Å². The molecule has 4 nitrogen and oxygen atoms in total. The molecule has 132 valence electrons. The number of aryl methyl sites for hydroxylation is 4. The Morgan fingerprint density at radius 3 is 1.96 bits per heavy atom. The van der Waals surface area contributed by atoms with E-state index in [2.05, 4.69) is 42.9 Å². The van der Waals surface area contributed by atoms with E-state index in [1.165, 1.54) is 11.1 Å². The zero-order valence-electron chi connectivity index (χ0n) is 15.7. The zero-order valence-corrected chi connectivity index (χ0v) is 15.7. The van der Waals surface area contributed by atoms with Crippen LogP contribution in [0.15, 0.2) is 36.7 Å². The number of pyridine rings is 2. The van der Waals surface area contributed by atoms with Gasteiger partial charge in [-0.25, -0.2) is 0 Å². The van der Waals surface area contributed by atoms with Crippen LogP contribution in [-0.4, -0.2) is 29.5 Å². The van der Waals surface area contributed by atoms with Crippen molar-refractivity contribution in [2.75, 3.05) is 13.2 Å². The van der Waals surface area contributed by atoms with Gasteiger partial charge in [0.05, 0.1) is 13.2 Å². The first-order chi connectivity index (χ1) is 11.4. The fraction of sp³-hybridized carbons (Fsp3) is 0.500. The Morgan fingerprint density at radius 2 is 1.58 bits per heavy atom. The monoisotopic (exact) mass is 330 g/mol. The van der Waals surface area contributed by atoms with E-state index in [9.17, 15) is 0 Å². The quantitative estimate of drug-likeness (QED) is 0.717. The van der Waals surface area contributed by atoms with Crippen molar-refractivity contribution < 1.29 is 9.47 Å². The molecule has 1 fully saturated rings. The average Bonchev–Trinajstić information content (AvgIpc) is 2.54. The van der Waals surface area contributed by atoms with Gasteiger partial charge in [0.15, 0.2) is 6.29 Å². The SMILES string of the molecule is CC1COC(C)OC1.Cc1cccnc1C.Cc1ccnc(C)c1. The molecule has 0 saturated carbocycles. The lowest BCUT2D eigenvalue weighted by Crippen LogP contribution is -2.27. The van der Waals surface area contributed by atoms with Gasteiger partial charge in [0.2, 0.25) is 0 Å². The third kappa shape index (κ3) is 8.75. The highest BCUT2D eigenvalue weighted by Crippen LogP contribution is 2.08. The van der Waals surface area contributed by atoms with Crippen molar-refractivity contribution in [3.05, 3.63) is 59.2 Å². The highest BCUT2D eigenvalue weighted by Gasteiger charge is 2.13. The van der Waals surface area contributed by atoms with Crippen LogP contribution in [0.5, 0.6) is 0 Å². The number of nitrogens with zero attached hydrogens (tertiary/aromatic N) is 2. The molecule has 0 bridgehead atoms. The fourth-order valence-electron chi connectivity index (χ4n) is 1.95. The second-order valence-electron chi connectivity index (χ2n) is 6.22. The standard InChI is InChI=1S/2C7H9N.C6H12O2/c1-6-3-4-8-7(2)5-6;1-6-4-3-5-8-7(6)2;1-5-3-7-6(2)8-4-5/h2*3-5H,1-2H3;5-6H,3-4H2,1-2H3. The third-order valence-electron chi connectivity index (χ3n) is 3.55. The largest absolute Gasteiger partial charge is 0.353 e. The predicted molar refractivity (Wildman–Crippen MR) is 98.0 cm³/mol. The zero-order chi connectivity index (χ0) is 17.9. The first-order valence-corrected chi connectivity index (χ1v) is 8.39. The van der Waals surface area contributed by atoms with Gasteiger partial charge in [-0.2, -0.15) is 0 Å². The summed E-state index contributed by atoms with van der Waals surface area (Å²) in [5, 5.41) is 0. The van der Waals surface area contributed by atoms with Gasteiger partial charge in [0.25, 0.3) is 0 Å². The van der Waals surface area contributed by atoms with Gasteiger partial charge in [-0.3, -0.25) is 9.97 Å². The molecule has 3 heterocycles. The summed E-state index contributed by atoms with van der Waals surface area (Å²) in [4.78, 5) is 8.12. The molecule has 0 amide bonds. The highest BCUT2D eigenvalue weighted by molar-refractivity contribution is 5.15. The molecular formula is C20H30N2O2. The molecule has 0 aromatic carbocycles. The Bertz CT molecular complexity index is 545. The van der Waals surface area contributed by atoms with Crippen molar-refractivity contribution in [1.29, 1.82) is 0 Å². The molecular weight excluding hydrogens is 300 g/mol. The van der Waals surface area contributed by atoms with Crippen LogP contribution in [0.2, 0.25) is 0 Å². The normalized spacial score (nSPS) is 19.4. The molecule has 24 heavy (non-hydrogen) atoms. The summed E-state index contributed by atoms with van der Waals surface area (Å²) < 4.78 is 10.3. The number of hydrogen-bond donors (Lipinski definition) is 0. The molecule has 4 heteroatoms. The summed E-state index contributed by atoms with van der Waals surface area (Å²) >= 11 is 0. The Kier molecular flexibility index (Phi) is 9.20. The molecule has 1 saturated heterocycles. The second-order valence-corrected chi connectivity index (χ2v) is 6.22. The summed E-state index contributed by atoms with van der Waals surface area (Å²) in [6, 6.07) is 8.05. The minimum Gasteiger partial charge on any atom is -0.353 e. The molecule has 1 aliphatic rings. The lowest BCUT2D eigenvalue weighted by atomic mass is 10.2. The molecule has 0 N–H and O–H groups in total. The lowest BCUT2D eigenvalue weighted by molar-refractivity contribution is -0.187. The molecule has 1 aliphatic heterocycles. The molecule has 2 aromatic heterocycles.